The van der Waals surface area contributed by atoms with E-state index in [1.807, 2.05) is 48.5 Å². The van der Waals surface area contributed by atoms with E-state index >= 15 is 0 Å². The average molecular weight is 454 g/mol. The zero-order chi connectivity index (χ0) is 20.4. The fraction of sp³-hybridized carbons (Fsp3) is 0.333. The van der Waals surface area contributed by atoms with Gasteiger partial charge in [0.15, 0.2) is 0 Å². The molecule has 4 nitrogen and oxygen atoms in total. The molecule has 2 aromatic rings. The van der Waals surface area contributed by atoms with Gasteiger partial charge in [0.25, 0.3) is 5.91 Å². The zero-order valence-electron chi connectivity index (χ0n) is 16.2. The third kappa shape index (κ3) is 4.15. The number of benzene rings is 2. The lowest BCUT2D eigenvalue weighted by Gasteiger charge is -2.24. The van der Waals surface area contributed by atoms with Crippen molar-refractivity contribution < 1.29 is 14.3 Å². The zero-order valence-corrected chi connectivity index (χ0v) is 17.8. The van der Waals surface area contributed by atoms with E-state index < -0.39 is 5.41 Å². The summed E-state index contributed by atoms with van der Waals surface area (Å²) in [5.74, 6) is 0.0409. The highest BCUT2D eigenvalue weighted by atomic mass is 79.9. The van der Waals surface area contributed by atoms with Crippen LogP contribution in [0.1, 0.15) is 34.3 Å². The number of amides is 1. The standard InChI is InChI=1S/C24H24BrNO3/c1-16-12-20-15-29-23(28)24(20,13-16)14-18-2-6-19(7-3-18)22(27)26-11-10-17-4-8-21(25)9-5-17/h2-9,20H,1,10-15H2,(H,26,27)/t20-,24+/m1/s1. The summed E-state index contributed by atoms with van der Waals surface area (Å²) < 4.78 is 6.39. The summed E-state index contributed by atoms with van der Waals surface area (Å²) in [6, 6.07) is 15.6. The van der Waals surface area contributed by atoms with Crippen molar-refractivity contribution in [3.05, 3.63) is 81.8 Å². The van der Waals surface area contributed by atoms with Gasteiger partial charge < -0.3 is 10.1 Å². The Morgan fingerprint density at radius 2 is 1.83 bits per heavy atom. The van der Waals surface area contributed by atoms with Crippen LogP contribution in [0, 0.1) is 11.3 Å². The van der Waals surface area contributed by atoms with Gasteiger partial charge in [-0.2, -0.15) is 0 Å². The van der Waals surface area contributed by atoms with Crippen molar-refractivity contribution >= 4 is 27.8 Å². The van der Waals surface area contributed by atoms with Crippen LogP contribution in [0.2, 0.25) is 0 Å². The maximum Gasteiger partial charge on any atom is 0.313 e. The van der Waals surface area contributed by atoms with Gasteiger partial charge in [-0.1, -0.05) is 52.3 Å². The van der Waals surface area contributed by atoms with Gasteiger partial charge in [0.1, 0.15) is 0 Å². The van der Waals surface area contributed by atoms with Crippen LogP contribution in [0.3, 0.4) is 0 Å². The summed E-state index contributed by atoms with van der Waals surface area (Å²) in [6.07, 6.45) is 2.99. The van der Waals surface area contributed by atoms with Crippen molar-refractivity contribution in [2.45, 2.75) is 25.7 Å². The van der Waals surface area contributed by atoms with Gasteiger partial charge in [0.05, 0.1) is 12.0 Å². The molecule has 2 fully saturated rings. The molecular weight excluding hydrogens is 430 g/mol. The Morgan fingerprint density at radius 1 is 1.14 bits per heavy atom. The smallest absolute Gasteiger partial charge is 0.313 e. The molecule has 5 heteroatoms. The first kappa shape index (κ1) is 19.9. The summed E-state index contributed by atoms with van der Waals surface area (Å²) in [6.45, 7) is 5.17. The van der Waals surface area contributed by atoms with E-state index in [0.29, 0.717) is 31.6 Å². The van der Waals surface area contributed by atoms with Gasteiger partial charge in [-0.15, -0.1) is 0 Å². The number of cyclic esters (lactones) is 1. The molecule has 1 saturated heterocycles. The molecule has 29 heavy (non-hydrogen) atoms. The molecule has 150 valence electrons. The molecule has 0 bridgehead atoms. The minimum absolute atomic E-state index is 0.0841. The number of ether oxygens (including phenoxy) is 1. The fourth-order valence-corrected chi connectivity index (χ4v) is 4.74. The van der Waals surface area contributed by atoms with E-state index in [0.717, 1.165) is 28.5 Å². The maximum atomic E-state index is 12.4. The van der Waals surface area contributed by atoms with Gasteiger partial charge in [-0.25, -0.2) is 0 Å². The van der Waals surface area contributed by atoms with E-state index in [2.05, 4.69) is 27.8 Å². The summed E-state index contributed by atoms with van der Waals surface area (Å²) in [5, 5.41) is 2.97. The number of esters is 1. The molecule has 1 N–H and O–H groups in total. The Kier molecular flexibility index (Phi) is 5.59. The van der Waals surface area contributed by atoms with Crippen molar-refractivity contribution in [1.29, 1.82) is 0 Å². The van der Waals surface area contributed by atoms with E-state index in [-0.39, 0.29) is 17.8 Å². The van der Waals surface area contributed by atoms with E-state index in [1.165, 1.54) is 5.56 Å². The molecular formula is C24H24BrNO3. The minimum Gasteiger partial charge on any atom is -0.465 e. The highest BCUT2D eigenvalue weighted by Crippen LogP contribution is 2.52. The average Bonchev–Trinajstić information content (AvgIpc) is 3.18. The summed E-state index contributed by atoms with van der Waals surface area (Å²) >= 11 is 3.42. The number of rotatable bonds is 6. The number of hydrogen-bond donors (Lipinski definition) is 1. The lowest BCUT2D eigenvalue weighted by Crippen LogP contribution is -2.31. The Morgan fingerprint density at radius 3 is 2.55 bits per heavy atom. The minimum atomic E-state index is -0.467. The summed E-state index contributed by atoms with van der Waals surface area (Å²) in [5.41, 5.74) is 3.53. The molecule has 1 amide bonds. The molecule has 0 unspecified atom stereocenters. The van der Waals surface area contributed by atoms with Crippen LogP contribution >= 0.6 is 15.9 Å². The second-order valence-electron chi connectivity index (χ2n) is 8.09. The Balaban J connectivity index is 1.35. The first-order valence-corrected chi connectivity index (χ1v) is 10.7. The SMILES string of the molecule is C=C1C[C@@H]2COC(=O)[C@]2(Cc2ccc(C(=O)NCCc3ccc(Br)cc3)cc2)C1. The normalized spacial score (nSPS) is 23.0. The van der Waals surface area contributed by atoms with Crippen LogP contribution in [0.15, 0.2) is 65.2 Å². The second-order valence-corrected chi connectivity index (χ2v) is 9.00. The number of carbonyl (C=O) groups is 2. The van der Waals surface area contributed by atoms with Gasteiger partial charge in [0.2, 0.25) is 0 Å². The molecule has 2 aliphatic rings. The van der Waals surface area contributed by atoms with Crippen LogP contribution < -0.4 is 5.32 Å². The number of fused-ring (bicyclic) bond motifs is 1. The Labute approximate surface area is 179 Å². The Bertz CT molecular complexity index is 936. The quantitative estimate of drug-likeness (QED) is 0.518. The molecule has 0 spiro atoms. The first-order chi connectivity index (χ1) is 14.0. The lowest BCUT2D eigenvalue weighted by atomic mass is 9.75. The summed E-state index contributed by atoms with van der Waals surface area (Å²) in [7, 11) is 0. The molecule has 0 aromatic heterocycles. The number of nitrogens with one attached hydrogen (secondary N) is 1. The van der Waals surface area contributed by atoms with Gasteiger partial charge in [0, 0.05) is 22.5 Å². The number of halogens is 1. The Hall–Kier alpha value is -2.40. The van der Waals surface area contributed by atoms with Crippen molar-refractivity contribution in [2.24, 2.45) is 11.3 Å². The monoisotopic (exact) mass is 453 g/mol. The van der Waals surface area contributed by atoms with Crippen LogP contribution in [0.4, 0.5) is 0 Å². The largest absolute Gasteiger partial charge is 0.465 e. The van der Waals surface area contributed by atoms with Crippen LogP contribution in [-0.2, 0) is 22.4 Å². The topological polar surface area (TPSA) is 55.4 Å². The van der Waals surface area contributed by atoms with Gasteiger partial charge in [-0.3, -0.25) is 9.59 Å². The highest BCUT2D eigenvalue weighted by Gasteiger charge is 2.55. The number of hydrogen-bond acceptors (Lipinski definition) is 3. The van der Waals surface area contributed by atoms with Crippen LogP contribution in [0.25, 0.3) is 0 Å². The molecule has 2 atom stereocenters. The van der Waals surface area contributed by atoms with Gasteiger partial charge in [-0.05, 0) is 61.1 Å². The molecule has 1 heterocycles. The van der Waals surface area contributed by atoms with Crippen LogP contribution in [-0.4, -0.2) is 25.0 Å². The predicted octanol–water partition coefficient (Wildman–Crippen LogP) is 4.47. The van der Waals surface area contributed by atoms with E-state index in [4.69, 9.17) is 4.74 Å². The van der Waals surface area contributed by atoms with Crippen molar-refractivity contribution in [3.63, 3.8) is 0 Å². The molecule has 1 saturated carbocycles. The lowest BCUT2D eigenvalue weighted by molar-refractivity contribution is -0.146. The molecule has 0 radical (unpaired) electrons. The molecule has 2 aromatic carbocycles. The van der Waals surface area contributed by atoms with Gasteiger partial charge >= 0.3 is 5.97 Å². The van der Waals surface area contributed by atoms with E-state index in [9.17, 15) is 9.59 Å². The van der Waals surface area contributed by atoms with Crippen molar-refractivity contribution in [2.75, 3.05) is 13.2 Å². The molecule has 1 aliphatic heterocycles. The van der Waals surface area contributed by atoms with Crippen molar-refractivity contribution in [1.82, 2.24) is 5.32 Å². The predicted molar refractivity (Wildman–Crippen MR) is 116 cm³/mol. The highest BCUT2D eigenvalue weighted by molar-refractivity contribution is 9.10. The van der Waals surface area contributed by atoms with Crippen LogP contribution in [0.5, 0.6) is 0 Å². The number of carbonyl (C=O) groups excluding carboxylic acids is 2. The summed E-state index contributed by atoms with van der Waals surface area (Å²) in [4.78, 5) is 24.8. The third-order valence-corrected chi connectivity index (χ3v) is 6.58. The maximum absolute atomic E-state index is 12.4. The van der Waals surface area contributed by atoms with E-state index in [1.54, 1.807) is 0 Å². The number of allylic oxidation sites excluding steroid dienone is 1. The first-order valence-electron chi connectivity index (χ1n) is 9.92. The molecule has 4 rings (SSSR count). The fourth-order valence-electron chi connectivity index (χ4n) is 4.47. The third-order valence-electron chi connectivity index (χ3n) is 6.05. The van der Waals surface area contributed by atoms with Crippen molar-refractivity contribution in [3.8, 4) is 0 Å². The second kappa shape index (κ2) is 8.15. The molecule has 1 aliphatic carbocycles.